The number of hydrogen-bond donors (Lipinski definition) is 1. The zero-order valence-electron chi connectivity index (χ0n) is 11.2. The molecule has 1 atom stereocenters. The molecule has 0 aliphatic carbocycles. The van der Waals surface area contributed by atoms with Gasteiger partial charge in [0.15, 0.2) is 0 Å². The summed E-state index contributed by atoms with van der Waals surface area (Å²) in [5.74, 6) is -2.79. The van der Waals surface area contributed by atoms with Gasteiger partial charge in [0.2, 0.25) is 5.78 Å². The highest BCUT2D eigenvalue weighted by atomic mass is 16.4. The summed E-state index contributed by atoms with van der Waals surface area (Å²) in [6, 6.07) is 17.4. The van der Waals surface area contributed by atoms with Crippen LogP contribution in [0.15, 0.2) is 54.6 Å². The van der Waals surface area contributed by atoms with E-state index in [4.69, 9.17) is 5.11 Å². The van der Waals surface area contributed by atoms with E-state index in [1.54, 1.807) is 6.92 Å². The van der Waals surface area contributed by atoms with Crippen LogP contribution < -0.4 is 0 Å². The van der Waals surface area contributed by atoms with Crippen molar-refractivity contribution in [2.24, 2.45) is 0 Å². The van der Waals surface area contributed by atoms with E-state index in [-0.39, 0.29) is 0 Å². The molecule has 0 saturated carbocycles. The molecule has 0 fully saturated rings. The minimum Gasteiger partial charge on any atom is -0.475 e. The Labute approximate surface area is 117 Å². The average molecular weight is 268 g/mol. The third-order valence-electron chi connectivity index (χ3n) is 3.36. The van der Waals surface area contributed by atoms with Gasteiger partial charge in [-0.05, 0) is 23.1 Å². The van der Waals surface area contributed by atoms with Gasteiger partial charge in [0, 0.05) is 0 Å². The summed E-state index contributed by atoms with van der Waals surface area (Å²) in [6.45, 7) is 1.64. The molecule has 2 rings (SSSR count). The second-order valence-corrected chi connectivity index (χ2v) is 4.75. The van der Waals surface area contributed by atoms with Crippen LogP contribution >= 0.6 is 0 Å². The van der Waals surface area contributed by atoms with Gasteiger partial charge in [-0.15, -0.1) is 0 Å². The maximum atomic E-state index is 11.6. The molecule has 0 amide bonds. The monoisotopic (exact) mass is 268 g/mol. The van der Waals surface area contributed by atoms with E-state index in [2.05, 4.69) is 0 Å². The summed E-state index contributed by atoms with van der Waals surface area (Å²) in [5.41, 5.74) is 2.90. The Kier molecular flexibility index (Phi) is 4.31. The Hall–Kier alpha value is -2.42. The van der Waals surface area contributed by atoms with Crippen LogP contribution in [0.25, 0.3) is 0 Å². The van der Waals surface area contributed by atoms with E-state index >= 15 is 0 Å². The van der Waals surface area contributed by atoms with Gasteiger partial charge in [-0.2, -0.15) is 0 Å². The standard InChI is InChI=1S/C17H16O3/c1-12(16(18)17(19)20)15-10-6-5-9-14(15)11-13-7-3-2-4-8-13/h2-10,12H,11H2,1H3,(H,19,20). The van der Waals surface area contributed by atoms with Crippen molar-refractivity contribution in [3.8, 4) is 0 Å². The van der Waals surface area contributed by atoms with Gasteiger partial charge in [-0.25, -0.2) is 4.79 Å². The number of Topliss-reactive ketones (excluding diaryl/α,β-unsaturated/α-hetero) is 1. The summed E-state index contributed by atoms with van der Waals surface area (Å²) >= 11 is 0. The molecular weight excluding hydrogens is 252 g/mol. The molecular formula is C17H16O3. The van der Waals surface area contributed by atoms with E-state index in [1.807, 2.05) is 54.6 Å². The molecule has 2 aromatic carbocycles. The van der Waals surface area contributed by atoms with Crippen molar-refractivity contribution in [3.05, 3.63) is 71.3 Å². The molecule has 0 radical (unpaired) electrons. The van der Waals surface area contributed by atoms with Crippen LogP contribution in [-0.2, 0) is 16.0 Å². The Morgan fingerprint density at radius 2 is 1.60 bits per heavy atom. The van der Waals surface area contributed by atoms with Gasteiger partial charge in [-0.1, -0.05) is 61.5 Å². The first-order valence-corrected chi connectivity index (χ1v) is 6.48. The summed E-state index contributed by atoms with van der Waals surface area (Å²) in [7, 11) is 0. The molecule has 0 heterocycles. The van der Waals surface area contributed by atoms with Crippen LogP contribution in [0.2, 0.25) is 0 Å². The first-order chi connectivity index (χ1) is 9.59. The lowest BCUT2D eigenvalue weighted by molar-refractivity contribution is -0.149. The third kappa shape index (κ3) is 3.12. The van der Waals surface area contributed by atoms with Crippen LogP contribution in [0, 0.1) is 0 Å². The Morgan fingerprint density at radius 3 is 2.25 bits per heavy atom. The molecule has 0 aliphatic heterocycles. The maximum Gasteiger partial charge on any atom is 0.372 e. The van der Waals surface area contributed by atoms with Crippen LogP contribution in [-0.4, -0.2) is 16.9 Å². The van der Waals surface area contributed by atoms with Gasteiger partial charge < -0.3 is 5.11 Å². The highest BCUT2D eigenvalue weighted by Gasteiger charge is 2.23. The fraction of sp³-hybridized carbons (Fsp3) is 0.176. The van der Waals surface area contributed by atoms with Crippen molar-refractivity contribution >= 4 is 11.8 Å². The second-order valence-electron chi connectivity index (χ2n) is 4.75. The van der Waals surface area contributed by atoms with Crippen LogP contribution in [0.3, 0.4) is 0 Å². The number of carbonyl (C=O) groups excluding carboxylic acids is 1. The van der Waals surface area contributed by atoms with Crippen LogP contribution in [0.4, 0.5) is 0 Å². The van der Waals surface area contributed by atoms with Gasteiger partial charge in [0.05, 0.1) is 5.92 Å². The van der Waals surface area contributed by atoms with Gasteiger partial charge in [-0.3, -0.25) is 4.79 Å². The first kappa shape index (κ1) is 14.0. The summed E-state index contributed by atoms with van der Waals surface area (Å²) in [4.78, 5) is 22.5. The molecule has 1 unspecified atom stereocenters. The van der Waals surface area contributed by atoms with Gasteiger partial charge >= 0.3 is 5.97 Å². The fourth-order valence-corrected chi connectivity index (χ4v) is 2.26. The zero-order chi connectivity index (χ0) is 14.5. The zero-order valence-corrected chi connectivity index (χ0v) is 11.2. The minimum absolute atomic E-state index is 0.632. The smallest absolute Gasteiger partial charge is 0.372 e. The highest BCUT2D eigenvalue weighted by Crippen LogP contribution is 2.23. The molecule has 1 N–H and O–H groups in total. The fourth-order valence-electron chi connectivity index (χ4n) is 2.26. The number of ketones is 1. The van der Waals surface area contributed by atoms with Crippen molar-refractivity contribution < 1.29 is 14.7 Å². The van der Waals surface area contributed by atoms with E-state index < -0.39 is 17.7 Å². The quantitative estimate of drug-likeness (QED) is 0.848. The largest absolute Gasteiger partial charge is 0.475 e. The number of carbonyl (C=O) groups is 2. The normalized spacial score (nSPS) is 11.8. The molecule has 0 aliphatic rings. The number of aliphatic carboxylic acids is 1. The van der Waals surface area contributed by atoms with Crippen molar-refractivity contribution in [1.29, 1.82) is 0 Å². The SMILES string of the molecule is CC(C(=O)C(=O)O)c1ccccc1Cc1ccccc1. The lowest BCUT2D eigenvalue weighted by atomic mass is 9.89. The molecule has 102 valence electrons. The van der Waals surface area contributed by atoms with E-state index in [9.17, 15) is 9.59 Å². The van der Waals surface area contributed by atoms with Gasteiger partial charge in [0.1, 0.15) is 0 Å². The molecule has 0 bridgehead atoms. The van der Waals surface area contributed by atoms with Crippen LogP contribution in [0.1, 0.15) is 29.5 Å². The van der Waals surface area contributed by atoms with Crippen molar-refractivity contribution in [2.45, 2.75) is 19.3 Å². The molecule has 0 aromatic heterocycles. The number of carboxylic acid groups (broad SMARTS) is 1. The maximum absolute atomic E-state index is 11.6. The molecule has 3 nitrogen and oxygen atoms in total. The number of hydrogen-bond acceptors (Lipinski definition) is 2. The first-order valence-electron chi connectivity index (χ1n) is 6.48. The lowest BCUT2D eigenvalue weighted by Gasteiger charge is -2.14. The van der Waals surface area contributed by atoms with Crippen LogP contribution in [0.5, 0.6) is 0 Å². The topological polar surface area (TPSA) is 54.4 Å². The Bertz CT molecular complexity index is 617. The van der Waals surface area contributed by atoms with E-state index in [0.29, 0.717) is 6.42 Å². The van der Waals surface area contributed by atoms with Crippen molar-refractivity contribution in [3.63, 3.8) is 0 Å². The predicted octanol–water partition coefficient (Wildman–Crippen LogP) is 3.03. The average Bonchev–Trinajstić information content (AvgIpc) is 2.47. The summed E-state index contributed by atoms with van der Waals surface area (Å²) in [6.07, 6.45) is 0.689. The highest BCUT2D eigenvalue weighted by molar-refractivity contribution is 6.34. The van der Waals surface area contributed by atoms with E-state index in [1.165, 1.54) is 0 Å². The number of benzene rings is 2. The Morgan fingerprint density at radius 1 is 1.00 bits per heavy atom. The second kappa shape index (κ2) is 6.15. The molecule has 2 aromatic rings. The van der Waals surface area contributed by atoms with Crippen molar-refractivity contribution in [2.75, 3.05) is 0 Å². The van der Waals surface area contributed by atoms with Gasteiger partial charge in [0.25, 0.3) is 0 Å². The number of carboxylic acids is 1. The third-order valence-corrected chi connectivity index (χ3v) is 3.36. The van der Waals surface area contributed by atoms with E-state index in [0.717, 1.165) is 16.7 Å². The Balaban J connectivity index is 2.31. The summed E-state index contributed by atoms with van der Waals surface area (Å²) < 4.78 is 0. The summed E-state index contributed by atoms with van der Waals surface area (Å²) in [5, 5.41) is 8.84. The predicted molar refractivity (Wildman–Crippen MR) is 76.7 cm³/mol. The van der Waals surface area contributed by atoms with Crippen molar-refractivity contribution in [1.82, 2.24) is 0 Å². The molecule has 0 spiro atoms. The molecule has 3 heteroatoms. The number of rotatable bonds is 5. The molecule has 0 saturated heterocycles. The molecule has 20 heavy (non-hydrogen) atoms. The lowest BCUT2D eigenvalue weighted by Crippen LogP contribution is -2.20. The minimum atomic E-state index is -1.38.